The van der Waals surface area contributed by atoms with Crippen molar-refractivity contribution < 1.29 is 9.47 Å². The summed E-state index contributed by atoms with van der Waals surface area (Å²) in [5.74, 6) is 0.420. The van der Waals surface area contributed by atoms with Gasteiger partial charge in [-0.15, -0.1) is 0 Å². The van der Waals surface area contributed by atoms with Gasteiger partial charge in [0.25, 0.3) is 0 Å². The number of methoxy groups -OCH3 is 1. The Labute approximate surface area is 97.7 Å². The second-order valence-electron chi connectivity index (χ2n) is 3.78. The van der Waals surface area contributed by atoms with Crippen LogP contribution in [0.4, 0.5) is 0 Å². The van der Waals surface area contributed by atoms with Crippen molar-refractivity contribution in [3.8, 4) is 0 Å². The van der Waals surface area contributed by atoms with Gasteiger partial charge in [-0.25, -0.2) is 0 Å². The first-order valence-corrected chi connectivity index (χ1v) is 5.33. The summed E-state index contributed by atoms with van der Waals surface area (Å²) in [7, 11) is 1.65. The van der Waals surface area contributed by atoms with Gasteiger partial charge < -0.3 is 20.5 Å². The molecule has 0 saturated carbocycles. The number of hydrogen-bond acceptors (Lipinski definition) is 3. The van der Waals surface area contributed by atoms with Gasteiger partial charge in [0, 0.05) is 13.2 Å². The zero-order valence-electron chi connectivity index (χ0n) is 10.5. The smallest absolute Gasteiger partial charge is 0.188 e. The summed E-state index contributed by atoms with van der Waals surface area (Å²) in [6.07, 6.45) is 0. The number of guanidine groups is 1. The first-order chi connectivity index (χ1) is 7.56. The summed E-state index contributed by atoms with van der Waals surface area (Å²) in [4.78, 5) is 4.12. The Bertz CT molecular complexity index is 229. The number of nitrogens with two attached hydrogens (primary N) is 1. The Morgan fingerprint density at radius 2 is 2.25 bits per heavy atom. The molecule has 0 aliphatic rings. The van der Waals surface area contributed by atoms with E-state index >= 15 is 0 Å². The van der Waals surface area contributed by atoms with Crippen LogP contribution in [0.25, 0.3) is 0 Å². The molecule has 0 aromatic rings. The lowest BCUT2D eigenvalue weighted by Gasteiger charge is -2.12. The van der Waals surface area contributed by atoms with Crippen LogP contribution in [0.2, 0.25) is 0 Å². The summed E-state index contributed by atoms with van der Waals surface area (Å²) in [5, 5.41) is 3.01. The monoisotopic (exact) mass is 229 g/mol. The van der Waals surface area contributed by atoms with Gasteiger partial charge in [0.2, 0.25) is 0 Å². The van der Waals surface area contributed by atoms with Crippen LogP contribution in [0.15, 0.2) is 17.1 Å². The van der Waals surface area contributed by atoms with E-state index in [1.54, 1.807) is 7.11 Å². The molecule has 94 valence electrons. The molecule has 1 atom stereocenters. The fourth-order valence-electron chi connectivity index (χ4n) is 1.07. The summed E-state index contributed by atoms with van der Waals surface area (Å²) < 4.78 is 10.2. The first-order valence-electron chi connectivity index (χ1n) is 5.33. The Hall–Kier alpha value is -1.07. The van der Waals surface area contributed by atoms with E-state index in [4.69, 9.17) is 15.2 Å². The zero-order chi connectivity index (χ0) is 12.4. The van der Waals surface area contributed by atoms with Crippen LogP contribution in [0.1, 0.15) is 13.8 Å². The van der Waals surface area contributed by atoms with Gasteiger partial charge in [0.05, 0.1) is 26.4 Å². The largest absolute Gasteiger partial charge is 0.383 e. The predicted molar refractivity (Wildman–Crippen MR) is 66.6 cm³/mol. The molecule has 1 unspecified atom stereocenters. The fraction of sp³-hybridized carbons (Fsp3) is 0.727. The molecule has 0 radical (unpaired) electrons. The molecular formula is C11H23N3O2. The standard InChI is InChI=1S/C11H23N3O2/c1-9(2)7-16-6-5-13-11(12)14-10(3)8-15-4/h10H,1,5-8H2,2-4H3,(H3,12,13,14). The second kappa shape index (κ2) is 9.18. The van der Waals surface area contributed by atoms with Crippen molar-refractivity contribution in [2.45, 2.75) is 19.9 Å². The lowest BCUT2D eigenvalue weighted by Crippen LogP contribution is -2.40. The van der Waals surface area contributed by atoms with E-state index in [1.165, 1.54) is 0 Å². The highest BCUT2D eigenvalue weighted by atomic mass is 16.5. The van der Waals surface area contributed by atoms with E-state index in [2.05, 4.69) is 16.9 Å². The molecule has 3 N–H and O–H groups in total. The van der Waals surface area contributed by atoms with E-state index in [1.807, 2.05) is 13.8 Å². The molecule has 0 heterocycles. The van der Waals surface area contributed by atoms with Crippen LogP contribution < -0.4 is 11.1 Å². The molecule has 0 aromatic heterocycles. The Morgan fingerprint density at radius 3 is 2.81 bits per heavy atom. The third kappa shape index (κ3) is 9.48. The van der Waals surface area contributed by atoms with Crippen molar-refractivity contribution in [2.75, 3.05) is 33.5 Å². The molecule has 0 amide bonds. The highest BCUT2D eigenvalue weighted by molar-refractivity contribution is 5.78. The summed E-state index contributed by atoms with van der Waals surface area (Å²) in [6.45, 7) is 9.90. The van der Waals surface area contributed by atoms with Gasteiger partial charge in [-0.05, 0) is 13.8 Å². The van der Waals surface area contributed by atoms with Crippen molar-refractivity contribution in [3.63, 3.8) is 0 Å². The minimum absolute atomic E-state index is 0.157. The van der Waals surface area contributed by atoms with Gasteiger partial charge in [-0.3, -0.25) is 4.99 Å². The zero-order valence-corrected chi connectivity index (χ0v) is 10.5. The highest BCUT2D eigenvalue weighted by Crippen LogP contribution is 1.88. The van der Waals surface area contributed by atoms with Crippen molar-refractivity contribution in [1.29, 1.82) is 0 Å². The van der Waals surface area contributed by atoms with Gasteiger partial charge >= 0.3 is 0 Å². The number of ether oxygens (including phenoxy) is 2. The maximum atomic E-state index is 5.66. The van der Waals surface area contributed by atoms with Crippen LogP contribution in [0.5, 0.6) is 0 Å². The van der Waals surface area contributed by atoms with E-state index in [-0.39, 0.29) is 6.04 Å². The lowest BCUT2D eigenvalue weighted by molar-refractivity contribution is 0.164. The number of nitrogens with zero attached hydrogens (tertiary/aromatic N) is 1. The third-order valence-electron chi connectivity index (χ3n) is 1.68. The van der Waals surface area contributed by atoms with Gasteiger partial charge in [0.1, 0.15) is 0 Å². The van der Waals surface area contributed by atoms with Crippen LogP contribution in [0, 0.1) is 0 Å². The number of hydrogen-bond donors (Lipinski definition) is 2. The summed E-state index contributed by atoms with van der Waals surface area (Å²) in [6, 6.07) is 0.157. The second-order valence-corrected chi connectivity index (χ2v) is 3.78. The van der Waals surface area contributed by atoms with E-state index in [0.29, 0.717) is 32.3 Å². The highest BCUT2D eigenvalue weighted by Gasteiger charge is 2.00. The minimum atomic E-state index is 0.157. The lowest BCUT2D eigenvalue weighted by atomic mass is 10.4. The number of aliphatic imine (C=N–C) groups is 1. The SMILES string of the molecule is C=C(C)COCCN=C(N)NC(C)COC. The first kappa shape index (κ1) is 14.9. The number of nitrogens with one attached hydrogen (secondary N) is 1. The van der Waals surface area contributed by atoms with Crippen LogP contribution >= 0.6 is 0 Å². The Balaban J connectivity index is 3.58. The maximum absolute atomic E-state index is 5.66. The van der Waals surface area contributed by atoms with E-state index in [9.17, 15) is 0 Å². The third-order valence-corrected chi connectivity index (χ3v) is 1.68. The molecular weight excluding hydrogens is 206 g/mol. The van der Waals surface area contributed by atoms with Gasteiger partial charge in [0.15, 0.2) is 5.96 Å². The molecule has 0 aromatic carbocycles. The molecule has 0 rings (SSSR count). The van der Waals surface area contributed by atoms with Gasteiger partial charge in [-0.2, -0.15) is 0 Å². The average molecular weight is 229 g/mol. The van der Waals surface area contributed by atoms with Crippen LogP contribution in [-0.4, -0.2) is 45.5 Å². The van der Waals surface area contributed by atoms with E-state index < -0.39 is 0 Å². The fourth-order valence-corrected chi connectivity index (χ4v) is 1.07. The topological polar surface area (TPSA) is 68.9 Å². The average Bonchev–Trinajstić information content (AvgIpc) is 2.16. The predicted octanol–water partition coefficient (Wildman–Crippen LogP) is 0.518. The van der Waals surface area contributed by atoms with Crippen molar-refractivity contribution in [3.05, 3.63) is 12.2 Å². The molecule has 5 nitrogen and oxygen atoms in total. The molecule has 0 bridgehead atoms. The number of rotatable bonds is 8. The Morgan fingerprint density at radius 1 is 1.56 bits per heavy atom. The minimum Gasteiger partial charge on any atom is -0.383 e. The van der Waals surface area contributed by atoms with Crippen LogP contribution in [0.3, 0.4) is 0 Å². The maximum Gasteiger partial charge on any atom is 0.188 e. The van der Waals surface area contributed by atoms with Crippen molar-refractivity contribution in [1.82, 2.24) is 5.32 Å². The summed E-state index contributed by atoms with van der Waals surface area (Å²) in [5.41, 5.74) is 6.66. The molecule has 16 heavy (non-hydrogen) atoms. The van der Waals surface area contributed by atoms with Gasteiger partial charge in [-0.1, -0.05) is 12.2 Å². The molecule has 0 aliphatic carbocycles. The van der Waals surface area contributed by atoms with Crippen molar-refractivity contribution >= 4 is 5.96 Å². The van der Waals surface area contributed by atoms with Crippen molar-refractivity contribution in [2.24, 2.45) is 10.7 Å². The molecule has 0 fully saturated rings. The molecule has 5 heteroatoms. The quantitative estimate of drug-likeness (QED) is 0.275. The van der Waals surface area contributed by atoms with Crippen LogP contribution in [-0.2, 0) is 9.47 Å². The summed E-state index contributed by atoms with van der Waals surface area (Å²) >= 11 is 0. The molecule has 0 saturated heterocycles. The Kier molecular flexibility index (Phi) is 8.56. The molecule has 0 aliphatic heterocycles. The normalized spacial score (nSPS) is 13.6. The van der Waals surface area contributed by atoms with E-state index in [0.717, 1.165) is 5.57 Å². The molecule has 0 spiro atoms.